The van der Waals surface area contributed by atoms with Gasteiger partial charge >= 0.3 is 0 Å². The Morgan fingerprint density at radius 1 is 1.00 bits per heavy atom. The quantitative estimate of drug-likeness (QED) is 0.677. The second-order valence-corrected chi connectivity index (χ2v) is 6.16. The average Bonchev–Trinajstić information content (AvgIpc) is 2.65. The Labute approximate surface area is 106 Å². The zero-order valence-corrected chi connectivity index (χ0v) is 11.8. The molecule has 0 bridgehead atoms. The number of unbranched alkanes of at least 4 members (excludes halogenated alkanes) is 1. The summed E-state index contributed by atoms with van der Waals surface area (Å²) in [5, 5.41) is 0. The predicted octanol–water partition coefficient (Wildman–Crippen LogP) is 4.39. The molecule has 100 valence electrons. The molecule has 0 spiro atoms. The van der Waals surface area contributed by atoms with Crippen molar-refractivity contribution in [3.63, 3.8) is 0 Å². The van der Waals surface area contributed by atoms with Crippen molar-refractivity contribution in [1.29, 1.82) is 0 Å². The first-order chi connectivity index (χ1) is 8.18. The van der Waals surface area contributed by atoms with E-state index in [1.807, 2.05) is 0 Å². The highest BCUT2D eigenvalue weighted by molar-refractivity contribution is 6.69. The SMILES string of the molecule is CCCC[B-]1(C2CCCCC2)OC(C)C(C)O1. The van der Waals surface area contributed by atoms with Crippen LogP contribution in [0.4, 0.5) is 0 Å². The lowest BCUT2D eigenvalue weighted by molar-refractivity contribution is 0.187. The van der Waals surface area contributed by atoms with E-state index < -0.39 is 6.55 Å². The lowest BCUT2D eigenvalue weighted by atomic mass is 9.41. The van der Waals surface area contributed by atoms with Gasteiger partial charge in [0.15, 0.2) is 0 Å². The molecular formula is C14H28BO2-. The summed E-state index contributed by atoms with van der Waals surface area (Å²) in [7, 11) is 0. The molecule has 1 saturated carbocycles. The van der Waals surface area contributed by atoms with Crippen molar-refractivity contribution < 1.29 is 9.31 Å². The first-order valence-corrected chi connectivity index (χ1v) is 7.70. The monoisotopic (exact) mass is 239 g/mol. The van der Waals surface area contributed by atoms with Crippen molar-refractivity contribution in [2.75, 3.05) is 0 Å². The molecule has 2 fully saturated rings. The maximum Gasteiger partial charge on any atom is 0.244 e. The van der Waals surface area contributed by atoms with Gasteiger partial charge in [0.2, 0.25) is 6.55 Å². The molecule has 2 unspecified atom stereocenters. The van der Waals surface area contributed by atoms with Gasteiger partial charge in [0.1, 0.15) is 0 Å². The van der Waals surface area contributed by atoms with E-state index in [0.29, 0.717) is 5.82 Å². The first kappa shape index (κ1) is 13.4. The maximum absolute atomic E-state index is 6.34. The molecular weight excluding hydrogens is 211 g/mol. The number of rotatable bonds is 4. The Balaban J connectivity index is 2.06. The fourth-order valence-corrected chi connectivity index (χ4v) is 3.70. The summed E-state index contributed by atoms with van der Waals surface area (Å²) in [5.41, 5.74) is 0. The Morgan fingerprint density at radius 3 is 2.12 bits per heavy atom. The highest BCUT2D eigenvalue weighted by atomic mass is 16.7. The van der Waals surface area contributed by atoms with Crippen molar-refractivity contribution in [3.05, 3.63) is 0 Å². The molecule has 1 aliphatic heterocycles. The van der Waals surface area contributed by atoms with Gasteiger partial charge in [-0.2, -0.15) is 0 Å². The Kier molecular flexibility index (Phi) is 4.54. The third kappa shape index (κ3) is 2.87. The summed E-state index contributed by atoms with van der Waals surface area (Å²) in [4.78, 5) is 0. The molecule has 17 heavy (non-hydrogen) atoms. The van der Waals surface area contributed by atoms with Crippen molar-refractivity contribution in [3.8, 4) is 0 Å². The van der Waals surface area contributed by atoms with Gasteiger partial charge in [0.25, 0.3) is 0 Å². The third-order valence-electron chi connectivity index (χ3n) is 4.88. The van der Waals surface area contributed by atoms with Crippen LogP contribution in [0.5, 0.6) is 0 Å². The molecule has 2 atom stereocenters. The largest absolute Gasteiger partial charge is 0.564 e. The summed E-state index contributed by atoms with van der Waals surface area (Å²) in [5.74, 6) is 0.697. The molecule has 0 amide bonds. The fourth-order valence-electron chi connectivity index (χ4n) is 3.70. The van der Waals surface area contributed by atoms with Crippen LogP contribution in [0.1, 0.15) is 65.7 Å². The molecule has 2 rings (SSSR count). The van der Waals surface area contributed by atoms with E-state index >= 15 is 0 Å². The molecule has 2 aliphatic rings. The molecule has 1 aliphatic carbocycles. The van der Waals surface area contributed by atoms with Gasteiger partial charge < -0.3 is 9.31 Å². The highest BCUT2D eigenvalue weighted by Gasteiger charge is 2.43. The van der Waals surface area contributed by atoms with Crippen LogP contribution >= 0.6 is 0 Å². The van der Waals surface area contributed by atoms with Crippen LogP contribution in [0.3, 0.4) is 0 Å². The third-order valence-corrected chi connectivity index (χ3v) is 4.88. The first-order valence-electron chi connectivity index (χ1n) is 7.70. The van der Waals surface area contributed by atoms with E-state index in [9.17, 15) is 0 Å². The van der Waals surface area contributed by atoms with E-state index in [1.54, 1.807) is 0 Å². The maximum atomic E-state index is 6.34. The lowest BCUT2D eigenvalue weighted by Gasteiger charge is -2.45. The van der Waals surface area contributed by atoms with Crippen molar-refractivity contribution in [2.24, 2.45) is 0 Å². The average molecular weight is 239 g/mol. The summed E-state index contributed by atoms with van der Waals surface area (Å²) < 4.78 is 12.7. The van der Waals surface area contributed by atoms with Crippen LogP contribution in [-0.2, 0) is 9.31 Å². The summed E-state index contributed by atoms with van der Waals surface area (Å²) in [6.07, 6.45) is 11.0. The molecule has 0 N–H and O–H groups in total. The van der Waals surface area contributed by atoms with Crippen LogP contribution in [0.15, 0.2) is 0 Å². The second kappa shape index (κ2) is 5.75. The van der Waals surface area contributed by atoms with Crippen LogP contribution in [0.25, 0.3) is 0 Å². The van der Waals surface area contributed by atoms with Gasteiger partial charge in [0, 0.05) is 12.2 Å². The van der Waals surface area contributed by atoms with Crippen molar-refractivity contribution >= 4 is 6.55 Å². The smallest absolute Gasteiger partial charge is 0.244 e. The summed E-state index contributed by atoms with van der Waals surface area (Å²) in [6, 6.07) is 0. The van der Waals surface area contributed by atoms with E-state index in [-0.39, 0.29) is 12.2 Å². The van der Waals surface area contributed by atoms with Gasteiger partial charge in [-0.05, 0) is 13.8 Å². The molecule has 0 aromatic heterocycles. The normalized spacial score (nSPS) is 39.7. The summed E-state index contributed by atoms with van der Waals surface area (Å²) >= 11 is 0. The van der Waals surface area contributed by atoms with Gasteiger partial charge in [-0.3, -0.25) is 0 Å². The fraction of sp³-hybridized carbons (Fsp3) is 1.00. The molecule has 0 aromatic rings. The van der Waals surface area contributed by atoms with Crippen molar-refractivity contribution in [1.82, 2.24) is 0 Å². The van der Waals surface area contributed by atoms with E-state index in [2.05, 4.69) is 20.8 Å². The zero-order valence-electron chi connectivity index (χ0n) is 11.8. The minimum Gasteiger partial charge on any atom is -0.564 e. The minimum absolute atomic E-state index is 0.286. The molecule has 2 nitrogen and oxygen atoms in total. The lowest BCUT2D eigenvalue weighted by Crippen LogP contribution is -2.43. The van der Waals surface area contributed by atoms with Gasteiger partial charge in [-0.1, -0.05) is 51.9 Å². The van der Waals surface area contributed by atoms with Gasteiger partial charge in [0.05, 0.1) is 0 Å². The van der Waals surface area contributed by atoms with Gasteiger partial charge in [-0.25, -0.2) is 0 Å². The van der Waals surface area contributed by atoms with Crippen LogP contribution < -0.4 is 0 Å². The standard InChI is InChI=1S/C14H28BO2/c1-4-5-11-15(14-9-7-6-8-10-14)16-12(2)13(3)17-15/h12-14H,4-11H2,1-3H3/q-1. The molecule has 3 heteroatoms. The molecule has 1 saturated heterocycles. The van der Waals surface area contributed by atoms with E-state index in [4.69, 9.17) is 9.31 Å². The Morgan fingerprint density at radius 2 is 1.59 bits per heavy atom. The minimum atomic E-state index is -0.978. The van der Waals surface area contributed by atoms with E-state index in [0.717, 1.165) is 6.32 Å². The topological polar surface area (TPSA) is 18.5 Å². The summed E-state index contributed by atoms with van der Waals surface area (Å²) in [6.45, 7) is 5.62. The van der Waals surface area contributed by atoms with Crippen LogP contribution in [-0.4, -0.2) is 18.8 Å². The zero-order chi connectivity index (χ0) is 12.3. The van der Waals surface area contributed by atoms with Crippen molar-refractivity contribution in [2.45, 2.75) is 90.1 Å². The Bertz CT molecular complexity index is 228. The number of hydrogen-bond donors (Lipinski definition) is 0. The highest BCUT2D eigenvalue weighted by Crippen LogP contribution is 2.45. The van der Waals surface area contributed by atoms with Crippen LogP contribution in [0.2, 0.25) is 12.1 Å². The Hall–Kier alpha value is -0.0151. The molecule has 1 heterocycles. The van der Waals surface area contributed by atoms with Gasteiger partial charge in [-0.15, -0.1) is 12.1 Å². The number of hydrogen-bond acceptors (Lipinski definition) is 2. The predicted molar refractivity (Wildman–Crippen MR) is 73.4 cm³/mol. The molecule has 0 aromatic carbocycles. The van der Waals surface area contributed by atoms with Crippen LogP contribution in [0, 0.1) is 0 Å². The molecule has 0 radical (unpaired) electrons. The van der Waals surface area contributed by atoms with E-state index in [1.165, 1.54) is 44.9 Å². The second-order valence-electron chi connectivity index (χ2n) is 6.16.